The predicted molar refractivity (Wildman–Crippen MR) is 55.6 cm³/mol. The van der Waals surface area contributed by atoms with Gasteiger partial charge in [0.2, 0.25) is 0 Å². The van der Waals surface area contributed by atoms with Gasteiger partial charge in [-0.1, -0.05) is 13.8 Å². The molecule has 2 N–H and O–H groups in total. The van der Waals surface area contributed by atoms with Crippen molar-refractivity contribution in [3.05, 3.63) is 0 Å². The first-order valence-corrected chi connectivity index (χ1v) is 4.90. The fraction of sp³-hybridized carbons (Fsp3) is 0.625. The van der Waals surface area contributed by atoms with Gasteiger partial charge in [0.1, 0.15) is 0 Å². The Bertz CT molecular complexity index is 256. The minimum Gasteiger partial charge on any atom is -0.301 e. The molecule has 2 amide bonds. The SMILES string of the molecule is CCN(CC)C1C(=O)NC(=S)NC1=O. The van der Waals surface area contributed by atoms with Crippen LogP contribution in [0.5, 0.6) is 0 Å². The highest BCUT2D eigenvalue weighted by Gasteiger charge is 2.35. The zero-order valence-corrected chi connectivity index (χ0v) is 8.98. The summed E-state index contributed by atoms with van der Waals surface area (Å²) in [4.78, 5) is 24.7. The van der Waals surface area contributed by atoms with Crippen molar-refractivity contribution >= 4 is 29.1 Å². The Labute approximate surface area is 87.8 Å². The molecule has 1 rings (SSSR count). The molecular formula is C8H13N3O2S. The van der Waals surface area contributed by atoms with Crippen molar-refractivity contribution in [3.8, 4) is 0 Å². The summed E-state index contributed by atoms with van der Waals surface area (Å²) >= 11 is 4.69. The second-order valence-corrected chi connectivity index (χ2v) is 3.34. The van der Waals surface area contributed by atoms with E-state index in [1.54, 1.807) is 4.90 Å². The van der Waals surface area contributed by atoms with E-state index in [9.17, 15) is 9.59 Å². The van der Waals surface area contributed by atoms with Crippen LogP contribution in [0.15, 0.2) is 0 Å². The largest absolute Gasteiger partial charge is 0.301 e. The number of hydrogen-bond acceptors (Lipinski definition) is 4. The van der Waals surface area contributed by atoms with Crippen molar-refractivity contribution in [2.75, 3.05) is 13.1 Å². The Balaban J connectivity index is 2.81. The zero-order chi connectivity index (χ0) is 10.7. The second kappa shape index (κ2) is 4.47. The van der Waals surface area contributed by atoms with Crippen LogP contribution < -0.4 is 10.6 Å². The monoisotopic (exact) mass is 215 g/mol. The van der Waals surface area contributed by atoms with Gasteiger partial charge in [0, 0.05) is 0 Å². The Morgan fingerprint density at radius 2 is 1.64 bits per heavy atom. The average molecular weight is 215 g/mol. The molecule has 0 radical (unpaired) electrons. The Hall–Kier alpha value is -1.01. The fourth-order valence-electron chi connectivity index (χ4n) is 1.43. The number of nitrogens with zero attached hydrogens (tertiary/aromatic N) is 1. The van der Waals surface area contributed by atoms with Crippen molar-refractivity contribution in [2.24, 2.45) is 0 Å². The molecule has 0 unspecified atom stereocenters. The molecule has 78 valence electrons. The van der Waals surface area contributed by atoms with Gasteiger partial charge in [-0.25, -0.2) is 0 Å². The number of carbonyl (C=O) groups is 2. The molecule has 6 heteroatoms. The molecule has 1 aliphatic rings. The topological polar surface area (TPSA) is 61.4 Å². The summed E-state index contributed by atoms with van der Waals surface area (Å²) in [6.07, 6.45) is 0. The van der Waals surface area contributed by atoms with E-state index in [-0.39, 0.29) is 16.9 Å². The molecule has 0 atom stereocenters. The number of hydrogen-bond donors (Lipinski definition) is 2. The van der Waals surface area contributed by atoms with E-state index in [4.69, 9.17) is 0 Å². The lowest BCUT2D eigenvalue weighted by Crippen LogP contribution is -2.64. The van der Waals surface area contributed by atoms with E-state index in [0.29, 0.717) is 13.1 Å². The first kappa shape index (κ1) is 11.1. The molecule has 1 saturated heterocycles. The van der Waals surface area contributed by atoms with Crippen molar-refractivity contribution in [1.82, 2.24) is 15.5 Å². The summed E-state index contributed by atoms with van der Waals surface area (Å²) in [6, 6.07) is -0.753. The van der Waals surface area contributed by atoms with Crippen LogP contribution in [-0.2, 0) is 9.59 Å². The Kier molecular flexibility index (Phi) is 3.54. The number of rotatable bonds is 3. The second-order valence-electron chi connectivity index (χ2n) is 2.93. The van der Waals surface area contributed by atoms with Crippen molar-refractivity contribution in [1.29, 1.82) is 0 Å². The van der Waals surface area contributed by atoms with Crippen LogP contribution in [0.1, 0.15) is 13.8 Å². The molecule has 0 aromatic heterocycles. The minimum atomic E-state index is -0.753. The van der Waals surface area contributed by atoms with Gasteiger partial charge in [-0.05, 0) is 25.3 Å². The molecule has 0 spiro atoms. The molecular weight excluding hydrogens is 202 g/mol. The smallest absolute Gasteiger partial charge is 0.253 e. The van der Waals surface area contributed by atoms with E-state index >= 15 is 0 Å². The number of nitrogens with one attached hydrogen (secondary N) is 2. The molecule has 0 aliphatic carbocycles. The number of thiocarbonyl (C=S) groups is 1. The summed E-state index contributed by atoms with van der Waals surface area (Å²) in [5, 5.41) is 4.94. The highest BCUT2D eigenvalue weighted by atomic mass is 32.1. The highest BCUT2D eigenvalue weighted by Crippen LogP contribution is 2.03. The summed E-state index contributed by atoms with van der Waals surface area (Å²) in [7, 11) is 0. The predicted octanol–water partition coefficient (Wildman–Crippen LogP) is -0.772. The normalized spacial score (nSPS) is 18.4. The van der Waals surface area contributed by atoms with Crippen molar-refractivity contribution in [3.63, 3.8) is 0 Å². The zero-order valence-electron chi connectivity index (χ0n) is 8.16. The molecule has 5 nitrogen and oxygen atoms in total. The standard InChI is InChI=1S/C8H13N3O2S/c1-3-11(4-2)5-6(12)9-8(14)10-7(5)13/h5H,3-4H2,1-2H3,(H2,9,10,12,13,14). The lowest BCUT2D eigenvalue weighted by Gasteiger charge is -2.30. The first-order chi connectivity index (χ1) is 6.60. The van der Waals surface area contributed by atoms with E-state index < -0.39 is 6.04 Å². The molecule has 0 saturated carbocycles. The van der Waals surface area contributed by atoms with Gasteiger partial charge in [-0.3, -0.25) is 14.5 Å². The maximum Gasteiger partial charge on any atom is 0.253 e. The van der Waals surface area contributed by atoms with E-state index in [2.05, 4.69) is 22.9 Å². The maximum atomic E-state index is 11.5. The molecule has 1 aliphatic heterocycles. The van der Waals surface area contributed by atoms with Crippen LogP contribution in [0.4, 0.5) is 0 Å². The summed E-state index contributed by atoms with van der Waals surface area (Å²) < 4.78 is 0. The van der Waals surface area contributed by atoms with Crippen LogP contribution in [0.2, 0.25) is 0 Å². The molecule has 0 aromatic rings. The molecule has 0 bridgehead atoms. The third-order valence-corrected chi connectivity index (χ3v) is 2.35. The van der Waals surface area contributed by atoms with Crippen LogP contribution in [0.3, 0.4) is 0 Å². The number of likely N-dealkylation sites (N-methyl/N-ethyl adjacent to an activating group) is 1. The fourth-order valence-corrected chi connectivity index (χ4v) is 1.63. The quantitative estimate of drug-likeness (QED) is 0.479. The van der Waals surface area contributed by atoms with Crippen molar-refractivity contribution in [2.45, 2.75) is 19.9 Å². The Morgan fingerprint density at radius 1 is 1.21 bits per heavy atom. The van der Waals surface area contributed by atoms with Crippen LogP contribution in [0, 0.1) is 0 Å². The molecule has 1 heterocycles. The maximum absolute atomic E-state index is 11.5. The molecule has 14 heavy (non-hydrogen) atoms. The van der Waals surface area contributed by atoms with Crippen LogP contribution >= 0.6 is 12.2 Å². The average Bonchev–Trinajstić information content (AvgIpc) is 2.10. The van der Waals surface area contributed by atoms with Gasteiger partial charge in [-0.15, -0.1) is 0 Å². The lowest BCUT2D eigenvalue weighted by atomic mass is 10.2. The van der Waals surface area contributed by atoms with Gasteiger partial charge < -0.3 is 10.6 Å². The van der Waals surface area contributed by atoms with Gasteiger partial charge in [0.15, 0.2) is 11.2 Å². The summed E-state index contributed by atoms with van der Waals surface area (Å²) in [6.45, 7) is 5.09. The minimum absolute atomic E-state index is 0.0865. The number of carbonyl (C=O) groups excluding carboxylic acids is 2. The Morgan fingerprint density at radius 3 is 2.00 bits per heavy atom. The van der Waals surface area contributed by atoms with Crippen LogP contribution in [-0.4, -0.2) is 41.0 Å². The van der Waals surface area contributed by atoms with Gasteiger partial charge in [-0.2, -0.15) is 0 Å². The van der Waals surface area contributed by atoms with Crippen LogP contribution in [0.25, 0.3) is 0 Å². The van der Waals surface area contributed by atoms with Crippen molar-refractivity contribution < 1.29 is 9.59 Å². The molecule has 0 aromatic carbocycles. The van der Waals surface area contributed by atoms with Gasteiger partial charge in [0.25, 0.3) is 11.8 Å². The van der Waals surface area contributed by atoms with E-state index in [0.717, 1.165) is 0 Å². The first-order valence-electron chi connectivity index (χ1n) is 4.49. The molecule has 1 fully saturated rings. The number of amides is 2. The van der Waals surface area contributed by atoms with Gasteiger partial charge >= 0.3 is 0 Å². The third-order valence-electron chi connectivity index (χ3n) is 2.15. The summed E-state index contributed by atoms with van der Waals surface area (Å²) in [5.41, 5.74) is 0. The summed E-state index contributed by atoms with van der Waals surface area (Å²) in [5.74, 6) is -0.690. The van der Waals surface area contributed by atoms with E-state index in [1.807, 2.05) is 13.8 Å². The lowest BCUT2D eigenvalue weighted by molar-refractivity contribution is -0.136. The highest BCUT2D eigenvalue weighted by molar-refractivity contribution is 7.80. The third kappa shape index (κ3) is 2.08. The van der Waals surface area contributed by atoms with E-state index in [1.165, 1.54) is 0 Å². The van der Waals surface area contributed by atoms with Gasteiger partial charge in [0.05, 0.1) is 0 Å².